The van der Waals surface area contributed by atoms with Gasteiger partial charge in [0.2, 0.25) is 0 Å². The van der Waals surface area contributed by atoms with E-state index in [1.54, 1.807) is 13.8 Å². The molecule has 22 heavy (non-hydrogen) atoms. The van der Waals surface area contributed by atoms with Gasteiger partial charge < -0.3 is 9.47 Å². The Labute approximate surface area is 129 Å². The maximum Gasteiger partial charge on any atom is 0.320 e. The molecule has 0 aliphatic rings. The zero-order valence-electron chi connectivity index (χ0n) is 12.3. The van der Waals surface area contributed by atoms with Crippen LogP contribution in [0.5, 0.6) is 0 Å². The summed E-state index contributed by atoms with van der Waals surface area (Å²) in [6, 6.07) is 5.21. The topological polar surface area (TPSA) is 107 Å². The van der Waals surface area contributed by atoms with Crippen molar-refractivity contribution in [1.82, 2.24) is 0 Å². The lowest BCUT2D eigenvalue weighted by Crippen LogP contribution is -2.30. The first kappa shape index (κ1) is 18.1. The third kappa shape index (κ3) is 5.12. The summed E-state index contributed by atoms with van der Waals surface area (Å²) in [7, 11) is -4.28. The number of carbonyl (C=O) groups is 2. The zero-order chi connectivity index (χ0) is 16.8. The second-order valence-corrected chi connectivity index (χ2v) is 5.80. The Kier molecular flexibility index (Phi) is 6.51. The Balaban J connectivity index is 2.94. The summed E-state index contributed by atoms with van der Waals surface area (Å²) in [5.74, 6) is -2.50. The highest BCUT2D eigenvalue weighted by atomic mass is 32.2. The minimum Gasteiger partial charge on any atom is -0.465 e. The molecule has 0 saturated heterocycles. The number of hydrogen-bond donors (Lipinski definition) is 1. The minimum atomic E-state index is -4.28. The third-order valence-electron chi connectivity index (χ3n) is 2.80. The maximum absolute atomic E-state index is 11.8. The smallest absolute Gasteiger partial charge is 0.320 e. The molecule has 8 heteroatoms. The fourth-order valence-corrected chi connectivity index (χ4v) is 2.26. The van der Waals surface area contributed by atoms with Crippen LogP contribution in [-0.2, 0) is 35.6 Å². The average Bonchev–Trinajstić information content (AvgIpc) is 2.44. The van der Waals surface area contributed by atoms with E-state index in [1.807, 2.05) is 0 Å². The van der Waals surface area contributed by atoms with Crippen LogP contribution in [0.4, 0.5) is 0 Å². The van der Waals surface area contributed by atoms with Crippen LogP contribution < -0.4 is 0 Å². The molecule has 1 N–H and O–H groups in total. The van der Waals surface area contributed by atoms with Crippen molar-refractivity contribution in [3.63, 3.8) is 0 Å². The van der Waals surface area contributed by atoms with Gasteiger partial charge in [0, 0.05) is 0 Å². The number of ether oxygens (including phenoxy) is 2. The first-order valence-corrected chi connectivity index (χ1v) is 8.13. The van der Waals surface area contributed by atoms with Crippen LogP contribution in [0.1, 0.15) is 19.4 Å². The molecule has 0 saturated carbocycles. The highest BCUT2D eigenvalue weighted by Crippen LogP contribution is 2.16. The van der Waals surface area contributed by atoms with Crippen LogP contribution in [-0.4, -0.2) is 38.1 Å². The predicted octanol–water partition coefficient (Wildman–Crippen LogP) is 1.22. The van der Waals surface area contributed by atoms with Gasteiger partial charge in [-0.2, -0.15) is 8.42 Å². The molecular weight excluding hydrogens is 312 g/mol. The minimum absolute atomic E-state index is 0.0173. The van der Waals surface area contributed by atoms with Crippen LogP contribution in [0.15, 0.2) is 29.2 Å². The fourth-order valence-electron chi connectivity index (χ4n) is 1.78. The van der Waals surface area contributed by atoms with Gasteiger partial charge in [-0.1, -0.05) is 12.1 Å². The summed E-state index contributed by atoms with van der Waals surface area (Å²) in [6.45, 7) is 3.52. The van der Waals surface area contributed by atoms with Crippen LogP contribution in [0.3, 0.4) is 0 Å². The van der Waals surface area contributed by atoms with E-state index in [9.17, 15) is 18.0 Å². The molecule has 0 aliphatic carbocycles. The van der Waals surface area contributed by atoms with E-state index in [2.05, 4.69) is 0 Å². The third-order valence-corrected chi connectivity index (χ3v) is 3.67. The second kappa shape index (κ2) is 7.90. The Morgan fingerprint density at radius 2 is 1.50 bits per heavy atom. The van der Waals surface area contributed by atoms with E-state index in [-0.39, 0.29) is 24.5 Å². The molecule has 0 amide bonds. The summed E-state index contributed by atoms with van der Waals surface area (Å²) < 4.78 is 40.5. The molecule has 0 heterocycles. The summed E-state index contributed by atoms with van der Waals surface area (Å²) in [5.41, 5.74) is 0.540. The summed E-state index contributed by atoms with van der Waals surface area (Å²) in [4.78, 5) is 23.4. The molecule has 0 radical (unpaired) electrons. The maximum atomic E-state index is 11.8. The first-order valence-electron chi connectivity index (χ1n) is 6.69. The summed E-state index contributed by atoms with van der Waals surface area (Å²) in [5, 5.41) is 0. The van der Waals surface area contributed by atoms with Crippen LogP contribution in [0.25, 0.3) is 0 Å². The molecule has 0 fully saturated rings. The van der Waals surface area contributed by atoms with Gasteiger partial charge in [0.25, 0.3) is 10.1 Å². The second-order valence-electron chi connectivity index (χ2n) is 4.38. The van der Waals surface area contributed by atoms with Crippen LogP contribution >= 0.6 is 0 Å². The largest absolute Gasteiger partial charge is 0.465 e. The molecule has 1 aromatic carbocycles. The van der Waals surface area contributed by atoms with E-state index in [0.29, 0.717) is 5.56 Å². The molecular formula is C14H18O7S. The molecule has 0 unspecified atom stereocenters. The van der Waals surface area contributed by atoms with Gasteiger partial charge in [-0.25, -0.2) is 0 Å². The van der Waals surface area contributed by atoms with Gasteiger partial charge in [-0.15, -0.1) is 0 Å². The number of esters is 2. The molecule has 122 valence electrons. The lowest BCUT2D eigenvalue weighted by atomic mass is 9.99. The molecule has 0 bridgehead atoms. The van der Waals surface area contributed by atoms with E-state index >= 15 is 0 Å². The fraction of sp³-hybridized carbons (Fsp3) is 0.429. The molecule has 0 aromatic heterocycles. The van der Waals surface area contributed by atoms with Gasteiger partial charge in [0.15, 0.2) is 5.92 Å². The number of rotatable bonds is 7. The van der Waals surface area contributed by atoms with E-state index in [0.717, 1.165) is 0 Å². The molecule has 0 atom stereocenters. The zero-order valence-corrected chi connectivity index (χ0v) is 13.1. The van der Waals surface area contributed by atoms with Crippen molar-refractivity contribution in [3.05, 3.63) is 29.8 Å². The summed E-state index contributed by atoms with van der Waals surface area (Å²) >= 11 is 0. The van der Waals surface area contributed by atoms with Crippen molar-refractivity contribution in [3.8, 4) is 0 Å². The molecule has 1 aromatic rings. The Morgan fingerprint density at radius 1 is 1.05 bits per heavy atom. The normalized spacial score (nSPS) is 11.3. The van der Waals surface area contributed by atoms with E-state index in [4.69, 9.17) is 14.0 Å². The average molecular weight is 330 g/mol. The van der Waals surface area contributed by atoms with E-state index in [1.165, 1.54) is 24.3 Å². The van der Waals surface area contributed by atoms with Crippen LogP contribution in [0, 0.1) is 5.92 Å². The predicted molar refractivity (Wildman–Crippen MR) is 76.7 cm³/mol. The lowest BCUT2D eigenvalue weighted by Gasteiger charge is -2.14. The van der Waals surface area contributed by atoms with Gasteiger partial charge in [0.1, 0.15) is 0 Å². The van der Waals surface area contributed by atoms with Gasteiger partial charge in [0.05, 0.1) is 18.1 Å². The SMILES string of the molecule is CCOC(=O)C(Cc1ccc(S(=O)(=O)O)cc1)C(=O)OCC. The monoisotopic (exact) mass is 330 g/mol. The van der Waals surface area contributed by atoms with Crippen LogP contribution in [0.2, 0.25) is 0 Å². The molecule has 1 rings (SSSR count). The highest BCUT2D eigenvalue weighted by molar-refractivity contribution is 7.85. The van der Waals surface area contributed by atoms with Crippen molar-refractivity contribution in [1.29, 1.82) is 0 Å². The number of hydrogen-bond acceptors (Lipinski definition) is 6. The highest BCUT2D eigenvalue weighted by Gasteiger charge is 2.29. The van der Waals surface area contributed by atoms with Crippen molar-refractivity contribution >= 4 is 22.1 Å². The lowest BCUT2D eigenvalue weighted by molar-refractivity contribution is -0.161. The van der Waals surface area contributed by atoms with E-state index < -0.39 is 28.0 Å². The van der Waals surface area contributed by atoms with Crippen molar-refractivity contribution in [2.24, 2.45) is 5.92 Å². The standard InChI is InChI=1S/C14H18O7S/c1-3-20-13(15)12(14(16)21-4-2)9-10-5-7-11(8-6-10)22(17,18)19/h5-8,12H,3-4,9H2,1-2H3,(H,17,18,19). The molecule has 7 nitrogen and oxygen atoms in total. The van der Waals surface area contributed by atoms with Crippen molar-refractivity contribution in [2.75, 3.05) is 13.2 Å². The van der Waals surface area contributed by atoms with Gasteiger partial charge >= 0.3 is 11.9 Å². The summed E-state index contributed by atoms with van der Waals surface area (Å²) in [6.07, 6.45) is 0.0173. The molecule has 0 spiro atoms. The number of benzene rings is 1. The molecule has 0 aliphatic heterocycles. The Hall–Kier alpha value is -1.93. The Morgan fingerprint density at radius 3 is 1.86 bits per heavy atom. The van der Waals surface area contributed by atoms with Crippen molar-refractivity contribution < 1.29 is 32.0 Å². The first-order chi connectivity index (χ1) is 10.3. The van der Waals surface area contributed by atoms with Gasteiger partial charge in [-0.3, -0.25) is 14.1 Å². The van der Waals surface area contributed by atoms with Crippen molar-refractivity contribution in [2.45, 2.75) is 25.2 Å². The number of carbonyl (C=O) groups excluding carboxylic acids is 2. The van der Waals surface area contributed by atoms with Gasteiger partial charge in [-0.05, 0) is 38.0 Å². The Bertz CT molecular complexity index is 601. The quantitative estimate of drug-likeness (QED) is 0.455.